The van der Waals surface area contributed by atoms with Crippen molar-refractivity contribution < 1.29 is 0 Å². The predicted octanol–water partition coefficient (Wildman–Crippen LogP) is 3.53. The summed E-state index contributed by atoms with van der Waals surface area (Å²) in [5.74, 6) is 2.28. The van der Waals surface area contributed by atoms with Crippen LogP contribution in [0.2, 0.25) is 0 Å². The lowest BCUT2D eigenvalue weighted by Crippen LogP contribution is -2.46. The average molecular weight is 773 g/mol. The van der Waals surface area contributed by atoms with Gasteiger partial charge >= 0.3 is 0 Å². The van der Waals surface area contributed by atoms with Gasteiger partial charge in [0.25, 0.3) is 0 Å². The summed E-state index contributed by atoms with van der Waals surface area (Å²) in [6, 6.07) is 34.8. The molecule has 3 aliphatic carbocycles. The van der Waals surface area contributed by atoms with E-state index in [4.69, 9.17) is 0 Å². The van der Waals surface area contributed by atoms with E-state index in [0.717, 1.165) is 94.8 Å². The Hall–Kier alpha value is -2.41. The number of nitrogens with zero attached hydrogens (tertiary/aromatic N) is 3. The van der Waals surface area contributed by atoms with Crippen LogP contribution in [-0.4, -0.2) is 151 Å². The predicted molar refractivity (Wildman–Crippen MR) is 232 cm³/mol. The van der Waals surface area contributed by atoms with Crippen molar-refractivity contribution in [2.24, 2.45) is 0 Å². The van der Waals surface area contributed by atoms with Gasteiger partial charge in [0, 0.05) is 154 Å². The molecule has 6 fully saturated rings. The SMILES string of the molecule is Cl.c1ccc([C@@H]2C[C@H]2NCCN2CCNCC2)cc1.c1ccc([C@@H]2C[C@H]2NCCN2CCNCC2)cc1.c1ccc([C@@H]2C[C@H]2NCCN2CCNCC2)cc1. The molecule has 3 heterocycles. The van der Waals surface area contributed by atoms with E-state index in [1.807, 2.05) is 0 Å². The molecule has 0 unspecified atom stereocenters. The Morgan fingerprint density at radius 2 is 0.655 bits per heavy atom. The Balaban J connectivity index is 0.000000139. The van der Waals surface area contributed by atoms with E-state index in [9.17, 15) is 0 Å². The summed E-state index contributed by atoms with van der Waals surface area (Å²) in [6.45, 7) is 21.1. The van der Waals surface area contributed by atoms with Crippen LogP contribution in [0.25, 0.3) is 0 Å². The minimum atomic E-state index is 0. The van der Waals surface area contributed by atoms with Gasteiger partial charge in [-0.1, -0.05) is 91.0 Å². The third kappa shape index (κ3) is 14.5. The fourth-order valence-corrected chi connectivity index (χ4v) is 8.50. The van der Waals surface area contributed by atoms with Gasteiger partial charge in [-0.05, 0) is 36.0 Å². The number of hydrogen-bond donors (Lipinski definition) is 6. The van der Waals surface area contributed by atoms with E-state index in [0.29, 0.717) is 0 Å². The number of halogens is 1. The zero-order valence-electron chi connectivity index (χ0n) is 33.2. The van der Waals surface area contributed by atoms with Crippen molar-refractivity contribution in [3.8, 4) is 0 Å². The smallest absolute Gasteiger partial charge is 0.0143 e. The summed E-state index contributed by atoms with van der Waals surface area (Å²) in [6.07, 6.45) is 3.93. The van der Waals surface area contributed by atoms with Crippen LogP contribution in [-0.2, 0) is 0 Å². The lowest BCUT2D eigenvalue weighted by molar-refractivity contribution is 0.241. The number of piperazine rings is 3. The molecule has 3 saturated heterocycles. The summed E-state index contributed by atoms with van der Waals surface area (Å²) >= 11 is 0. The first-order chi connectivity index (χ1) is 26.8. The van der Waals surface area contributed by atoms with Crippen molar-refractivity contribution in [3.63, 3.8) is 0 Å². The molecule has 6 N–H and O–H groups in total. The monoisotopic (exact) mass is 772 g/mol. The minimum absolute atomic E-state index is 0. The van der Waals surface area contributed by atoms with Crippen molar-refractivity contribution in [2.45, 2.75) is 55.1 Å². The molecule has 0 amide bonds. The van der Waals surface area contributed by atoms with Gasteiger partial charge in [-0.3, -0.25) is 14.7 Å². The second-order valence-electron chi connectivity index (χ2n) is 16.2. The number of nitrogens with one attached hydrogen (secondary N) is 6. The molecule has 3 saturated carbocycles. The van der Waals surface area contributed by atoms with Gasteiger partial charge in [0.2, 0.25) is 0 Å². The third-order valence-corrected chi connectivity index (χ3v) is 12.2. The van der Waals surface area contributed by atoms with Crippen molar-refractivity contribution >= 4 is 12.4 Å². The molecule has 3 aromatic rings. The average Bonchev–Trinajstić information content (AvgIpc) is 4.15. The molecule has 55 heavy (non-hydrogen) atoms. The topological polar surface area (TPSA) is 81.9 Å². The van der Waals surface area contributed by atoms with Crippen LogP contribution in [0, 0.1) is 0 Å². The molecule has 3 aliphatic heterocycles. The van der Waals surface area contributed by atoms with Gasteiger partial charge in [0.15, 0.2) is 0 Å². The lowest BCUT2D eigenvalue weighted by Gasteiger charge is -2.27. The largest absolute Gasteiger partial charge is 0.314 e. The minimum Gasteiger partial charge on any atom is -0.314 e. The molecule has 3 aromatic carbocycles. The van der Waals surface area contributed by atoms with Crippen LogP contribution in [0.15, 0.2) is 91.0 Å². The van der Waals surface area contributed by atoms with Crippen molar-refractivity contribution in [2.75, 3.05) is 118 Å². The Bertz CT molecular complexity index is 1260. The third-order valence-electron chi connectivity index (χ3n) is 12.2. The molecule has 302 valence electrons. The second kappa shape index (κ2) is 23.1. The Labute approximate surface area is 338 Å². The first kappa shape index (κ1) is 42.2. The molecule has 9 nitrogen and oxygen atoms in total. The summed E-state index contributed by atoms with van der Waals surface area (Å²) in [5.41, 5.74) is 4.49. The van der Waals surface area contributed by atoms with E-state index in [1.165, 1.54) is 94.9 Å². The summed E-state index contributed by atoms with van der Waals surface area (Å²) < 4.78 is 0. The molecule has 9 rings (SSSR count). The van der Waals surface area contributed by atoms with Crippen LogP contribution >= 0.6 is 12.4 Å². The maximum atomic E-state index is 3.69. The summed E-state index contributed by atoms with van der Waals surface area (Å²) in [4.78, 5) is 7.64. The highest BCUT2D eigenvalue weighted by Gasteiger charge is 2.39. The van der Waals surface area contributed by atoms with Gasteiger partial charge < -0.3 is 31.9 Å². The highest BCUT2D eigenvalue weighted by molar-refractivity contribution is 5.85. The zero-order valence-corrected chi connectivity index (χ0v) is 34.0. The Kier molecular flexibility index (Phi) is 17.7. The van der Waals surface area contributed by atoms with E-state index in [-0.39, 0.29) is 12.4 Å². The molecule has 10 heteroatoms. The van der Waals surface area contributed by atoms with Crippen molar-refractivity contribution in [1.82, 2.24) is 46.6 Å². The number of rotatable bonds is 15. The standard InChI is InChI=1S/3C15H23N3.ClH/c3*1-2-4-13(5-3-1)14-12-15(14)17-8-11-18-9-6-16-7-10-18;/h3*1-5,14-17H,6-12H2;1H/t3*14-,15+;/m000./s1. The van der Waals surface area contributed by atoms with Gasteiger partial charge in [0.05, 0.1) is 0 Å². The fraction of sp³-hybridized carbons (Fsp3) is 0.600. The van der Waals surface area contributed by atoms with Crippen LogP contribution in [0.3, 0.4) is 0 Å². The summed E-state index contributed by atoms with van der Waals surface area (Å²) in [5, 5.41) is 21.2. The highest BCUT2D eigenvalue weighted by Crippen LogP contribution is 2.41. The summed E-state index contributed by atoms with van der Waals surface area (Å²) in [7, 11) is 0. The van der Waals surface area contributed by atoms with Gasteiger partial charge in [0.1, 0.15) is 0 Å². The van der Waals surface area contributed by atoms with Crippen molar-refractivity contribution in [3.05, 3.63) is 108 Å². The van der Waals surface area contributed by atoms with E-state index in [2.05, 4.69) is 138 Å². The quantitative estimate of drug-likeness (QED) is 0.139. The maximum absolute atomic E-state index is 3.69. The molecule has 0 bridgehead atoms. The first-order valence-electron chi connectivity index (χ1n) is 21.4. The number of benzene rings is 3. The van der Waals surface area contributed by atoms with Gasteiger partial charge in [-0.25, -0.2) is 0 Å². The van der Waals surface area contributed by atoms with Crippen LogP contribution in [0.4, 0.5) is 0 Å². The van der Waals surface area contributed by atoms with Crippen LogP contribution in [0.1, 0.15) is 53.7 Å². The van der Waals surface area contributed by atoms with E-state index < -0.39 is 0 Å². The fourth-order valence-electron chi connectivity index (χ4n) is 8.50. The molecule has 6 atom stereocenters. The number of hydrogen-bond acceptors (Lipinski definition) is 9. The molecular formula is C45H70ClN9. The molecular weight excluding hydrogens is 702 g/mol. The van der Waals surface area contributed by atoms with Gasteiger partial charge in [-0.15, -0.1) is 12.4 Å². The van der Waals surface area contributed by atoms with Crippen molar-refractivity contribution in [1.29, 1.82) is 0 Å². The van der Waals surface area contributed by atoms with E-state index in [1.54, 1.807) is 0 Å². The van der Waals surface area contributed by atoms with Gasteiger partial charge in [-0.2, -0.15) is 0 Å². The Morgan fingerprint density at radius 1 is 0.400 bits per heavy atom. The van der Waals surface area contributed by atoms with E-state index >= 15 is 0 Å². The highest BCUT2D eigenvalue weighted by atomic mass is 35.5. The molecule has 6 aliphatic rings. The first-order valence-corrected chi connectivity index (χ1v) is 21.4. The lowest BCUT2D eigenvalue weighted by atomic mass is 10.1. The molecule has 0 radical (unpaired) electrons. The molecule has 0 spiro atoms. The van der Waals surface area contributed by atoms with Crippen LogP contribution in [0.5, 0.6) is 0 Å². The maximum Gasteiger partial charge on any atom is 0.0143 e. The Morgan fingerprint density at radius 3 is 0.909 bits per heavy atom. The van der Waals surface area contributed by atoms with Crippen LogP contribution < -0.4 is 31.9 Å². The second-order valence-corrected chi connectivity index (χ2v) is 16.2. The zero-order chi connectivity index (χ0) is 36.6. The normalized spacial score (nSPS) is 27.7. The molecule has 0 aromatic heterocycles.